The summed E-state index contributed by atoms with van der Waals surface area (Å²) in [6.07, 6.45) is 1.75. The van der Waals surface area contributed by atoms with Crippen molar-refractivity contribution in [2.75, 3.05) is 19.5 Å². The van der Waals surface area contributed by atoms with E-state index >= 15 is 0 Å². The van der Waals surface area contributed by atoms with Crippen molar-refractivity contribution in [2.45, 2.75) is 25.7 Å². The van der Waals surface area contributed by atoms with Gasteiger partial charge in [0.05, 0.1) is 13.2 Å². The molecule has 0 aliphatic carbocycles. The standard InChI is InChI=1S/C18H21N2O4PS/c1-5-22-25(21,23-6-2)16-17(26-4)14(11-19)15(24-18(16)20)13-9-7-12(3)8-10-13/h7-10,20H,5-6H2,1-4H3. The molecule has 2 aromatic rings. The minimum Gasteiger partial charge on any atom is -0.437 e. The SMILES string of the molecule is CCOP(=O)(OCC)c1c(SC)c(C#N)c(-c2ccc(C)cc2)oc1=N. The second-order valence-electron chi connectivity index (χ2n) is 5.33. The normalized spacial score (nSPS) is 11.3. The van der Waals surface area contributed by atoms with Gasteiger partial charge in [0, 0.05) is 10.5 Å². The highest BCUT2D eigenvalue weighted by Crippen LogP contribution is 2.49. The van der Waals surface area contributed by atoms with Crippen molar-refractivity contribution < 1.29 is 18.0 Å². The molecule has 1 N–H and O–H groups in total. The summed E-state index contributed by atoms with van der Waals surface area (Å²) < 4.78 is 29.6. The predicted octanol–water partition coefficient (Wildman–Crippen LogP) is 4.22. The lowest BCUT2D eigenvalue weighted by atomic mass is 10.1. The molecule has 0 amide bonds. The monoisotopic (exact) mass is 392 g/mol. The van der Waals surface area contributed by atoms with Gasteiger partial charge in [0.15, 0.2) is 5.76 Å². The molecule has 138 valence electrons. The molecule has 0 radical (unpaired) electrons. The van der Waals surface area contributed by atoms with Crippen LogP contribution in [0.25, 0.3) is 11.3 Å². The van der Waals surface area contributed by atoms with Crippen LogP contribution in [0.5, 0.6) is 0 Å². The fourth-order valence-electron chi connectivity index (χ4n) is 2.49. The van der Waals surface area contributed by atoms with Gasteiger partial charge in [0.25, 0.3) is 0 Å². The van der Waals surface area contributed by atoms with E-state index in [0.717, 1.165) is 5.56 Å². The molecule has 1 heterocycles. The average Bonchev–Trinajstić information content (AvgIpc) is 2.61. The number of nitrogens with zero attached hydrogens (tertiary/aromatic N) is 1. The van der Waals surface area contributed by atoms with E-state index in [1.165, 1.54) is 11.8 Å². The Morgan fingerprint density at radius 2 is 1.81 bits per heavy atom. The van der Waals surface area contributed by atoms with Gasteiger partial charge < -0.3 is 13.5 Å². The molecule has 8 heteroatoms. The molecular weight excluding hydrogens is 371 g/mol. The first kappa shape index (κ1) is 20.5. The minimum atomic E-state index is -3.78. The molecule has 1 aromatic heterocycles. The van der Waals surface area contributed by atoms with Gasteiger partial charge in [-0.2, -0.15) is 5.26 Å². The summed E-state index contributed by atoms with van der Waals surface area (Å²) in [5.41, 5.74) is 1.63. The Hall–Kier alpha value is -1.84. The van der Waals surface area contributed by atoms with Crippen LogP contribution >= 0.6 is 19.4 Å². The molecule has 0 spiro atoms. The van der Waals surface area contributed by atoms with Crippen LogP contribution in [-0.2, 0) is 13.6 Å². The maximum Gasteiger partial charge on any atom is 0.367 e. The van der Waals surface area contributed by atoms with Crippen LogP contribution in [0.15, 0.2) is 33.6 Å². The molecule has 0 atom stereocenters. The van der Waals surface area contributed by atoms with Crippen LogP contribution in [0, 0.1) is 23.7 Å². The van der Waals surface area contributed by atoms with E-state index < -0.39 is 7.60 Å². The number of nitrogens with one attached hydrogen (secondary N) is 1. The van der Waals surface area contributed by atoms with Gasteiger partial charge in [0.1, 0.15) is 16.9 Å². The molecule has 2 rings (SSSR count). The molecule has 0 fully saturated rings. The van der Waals surface area contributed by atoms with Gasteiger partial charge >= 0.3 is 7.60 Å². The zero-order valence-electron chi connectivity index (χ0n) is 15.2. The summed E-state index contributed by atoms with van der Waals surface area (Å²) >= 11 is 1.22. The van der Waals surface area contributed by atoms with Gasteiger partial charge in [-0.1, -0.05) is 29.8 Å². The van der Waals surface area contributed by atoms with Crippen molar-refractivity contribution in [3.05, 3.63) is 40.9 Å². The fourth-order valence-corrected chi connectivity index (χ4v) is 5.39. The number of hydrogen-bond acceptors (Lipinski definition) is 7. The first-order valence-electron chi connectivity index (χ1n) is 8.08. The van der Waals surface area contributed by atoms with E-state index in [4.69, 9.17) is 18.9 Å². The van der Waals surface area contributed by atoms with E-state index in [1.54, 1.807) is 20.1 Å². The van der Waals surface area contributed by atoms with Gasteiger partial charge in [-0.15, -0.1) is 11.8 Å². The number of aryl methyl sites for hydroxylation is 1. The highest BCUT2D eigenvalue weighted by molar-refractivity contribution is 7.99. The Bertz CT molecular complexity index is 922. The van der Waals surface area contributed by atoms with Crippen molar-refractivity contribution in [1.82, 2.24) is 0 Å². The average molecular weight is 392 g/mol. The zero-order chi connectivity index (χ0) is 19.3. The number of benzene rings is 1. The fraction of sp³-hybridized carbons (Fsp3) is 0.333. The Morgan fingerprint density at radius 3 is 2.27 bits per heavy atom. The van der Waals surface area contributed by atoms with Gasteiger partial charge in [-0.3, -0.25) is 9.97 Å². The molecule has 6 nitrogen and oxygen atoms in total. The van der Waals surface area contributed by atoms with Crippen LogP contribution in [-0.4, -0.2) is 19.5 Å². The molecule has 0 saturated carbocycles. The van der Waals surface area contributed by atoms with Crippen molar-refractivity contribution in [3.63, 3.8) is 0 Å². The molecule has 0 bridgehead atoms. The van der Waals surface area contributed by atoms with Crippen molar-refractivity contribution in [1.29, 1.82) is 10.7 Å². The lowest BCUT2D eigenvalue weighted by Gasteiger charge is -2.20. The third-order valence-corrected chi connectivity index (χ3v) is 6.73. The van der Waals surface area contributed by atoms with Crippen molar-refractivity contribution >= 4 is 24.7 Å². The Morgan fingerprint density at radius 1 is 1.23 bits per heavy atom. The van der Waals surface area contributed by atoms with E-state index in [0.29, 0.717) is 10.5 Å². The van der Waals surface area contributed by atoms with E-state index in [1.807, 2.05) is 31.2 Å². The Balaban J connectivity index is 2.82. The lowest BCUT2D eigenvalue weighted by Crippen LogP contribution is -2.29. The smallest absolute Gasteiger partial charge is 0.367 e. The maximum atomic E-state index is 13.2. The first-order valence-corrected chi connectivity index (χ1v) is 10.8. The van der Waals surface area contributed by atoms with Gasteiger partial charge in [0.2, 0.25) is 5.55 Å². The van der Waals surface area contributed by atoms with E-state index in [-0.39, 0.29) is 35.4 Å². The predicted molar refractivity (Wildman–Crippen MR) is 102 cm³/mol. The summed E-state index contributed by atoms with van der Waals surface area (Å²) in [4.78, 5) is 0.379. The third-order valence-electron chi connectivity index (χ3n) is 3.59. The number of thioether (sulfide) groups is 1. The molecule has 0 aliphatic heterocycles. The number of nitriles is 1. The summed E-state index contributed by atoms with van der Waals surface area (Å²) in [6, 6.07) is 9.56. The largest absolute Gasteiger partial charge is 0.437 e. The Labute approximate surface area is 157 Å². The van der Waals surface area contributed by atoms with Crippen LogP contribution in [0.2, 0.25) is 0 Å². The van der Waals surface area contributed by atoms with Crippen LogP contribution in [0.1, 0.15) is 25.0 Å². The second kappa shape index (κ2) is 8.70. The van der Waals surface area contributed by atoms with Crippen molar-refractivity contribution in [2.24, 2.45) is 0 Å². The highest BCUT2D eigenvalue weighted by Gasteiger charge is 2.35. The number of rotatable bonds is 7. The summed E-state index contributed by atoms with van der Waals surface area (Å²) in [5, 5.41) is 18.0. The van der Waals surface area contributed by atoms with Crippen LogP contribution < -0.4 is 10.9 Å². The second-order valence-corrected chi connectivity index (χ2v) is 8.10. The van der Waals surface area contributed by atoms with Crippen LogP contribution in [0.4, 0.5) is 0 Å². The molecule has 1 aromatic carbocycles. The quantitative estimate of drug-likeness (QED) is 0.560. The minimum absolute atomic E-state index is 0.00103. The first-order chi connectivity index (χ1) is 12.4. The molecule has 0 aliphatic rings. The Kier molecular flexibility index (Phi) is 6.85. The summed E-state index contributed by atoms with van der Waals surface area (Å²) in [5.74, 6) is 0.269. The topological polar surface area (TPSA) is 96.3 Å². The third kappa shape index (κ3) is 3.94. The van der Waals surface area contributed by atoms with Crippen molar-refractivity contribution in [3.8, 4) is 17.4 Å². The van der Waals surface area contributed by atoms with E-state index in [2.05, 4.69) is 6.07 Å². The molecule has 0 saturated heterocycles. The maximum absolute atomic E-state index is 13.2. The summed E-state index contributed by atoms with van der Waals surface area (Å²) in [6.45, 7) is 5.63. The zero-order valence-corrected chi connectivity index (χ0v) is 16.9. The molecule has 0 unspecified atom stereocenters. The van der Waals surface area contributed by atoms with E-state index in [9.17, 15) is 9.83 Å². The molecule has 26 heavy (non-hydrogen) atoms. The van der Waals surface area contributed by atoms with Gasteiger partial charge in [-0.25, -0.2) is 0 Å². The molecular formula is C18H21N2O4PS. The highest BCUT2D eigenvalue weighted by atomic mass is 32.2. The number of hydrogen-bond donors (Lipinski definition) is 1. The summed E-state index contributed by atoms with van der Waals surface area (Å²) in [7, 11) is -3.78. The lowest BCUT2D eigenvalue weighted by molar-refractivity contribution is 0.228. The van der Waals surface area contributed by atoms with Crippen LogP contribution in [0.3, 0.4) is 0 Å². The van der Waals surface area contributed by atoms with Gasteiger partial charge in [-0.05, 0) is 27.0 Å².